The fourth-order valence-corrected chi connectivity index (χ4v) is 0.978. The van der Waals surface area contributed by atoms with E-state index in [-0.39, 0.29) is 5.60 Å². The Morgan fingerprint density at radius 3 is 2.50 bits per heavy atom. The van der Waals surface area contributed by atoms with Crippen molar-refractivity contribution < 1.29 is 9.53 Å². The van der Waals surface area contributed by atoms with E-state index < -0.39 is 0 Å². The molecule has 0 N–H and O–H groups in total. The lowest BCUT2D eigenvalue weighted by atomic mass is 9.94. The Morgan fingerprint density at radius 2 is 2.08 bits per heavy atom. The van der Waals surface area contributed by atoms with Gasteiger partial charge in [-0.05, 0) is 32.6 Å². The number of methoxy groups -OCH3 is 1. The van der Waals surface area contributed by atoms with E-state index in [1.54, 1.807) is 7.11 Å². The van der Waals surface area contributed by atoms with Crippen molar-refractivity contribution >= 4 is 6.29 Å². The van der Waals surface area contributed by atoms with Gasteiger partial charge in [0, 0.05) is 13.5 Å². The molecule has 1 atom stereocenters. The largest absolute Gasteiger partial charge is 0.379 e. The molecule has 0 amide bonds. The van der Waals surface area contributed by atoms with Gasteiger partial charge in [0.2, 0.25) is 0 Å². The van der Waals surface area contributed by atoms with Crippen molar-refractivity contribution in [3.63, 3.8) is 0 Å². The standard InChI is InChI=1S/C10H20O2/c1-9(6-8-11)5-7-10(2,3)12-4/h8-9H,5-7H2,1-4H3. The van der Waals surface area contributed by atoms with Crippen LogP contribution in [-0.2, 0) is 9.53 Å². The molecule has 2 heteroatoms. The lowest BCUT2D eigenvalue weighted by Crippen LogP contribution is -2.23. The lowest BCUT2D eigenvalue weighted by molar-refractivity contribution is -0.108. The summed E-state index contributed by atoms with van der Waals surface area (Å²) in [6.07, 6.45) is 3.72. The van der Waals surface area contributed by atoms with Crippen LogP contribution in [0.3, 0.4) is 0 Å². The molecule has 0 aromatic carbocycles. The zero-order valence-corrected chi connectivity index (χ0v) is 8.59. The molecule has 2 nitrogen and oxygen atoms in total. The average Bonchev–Trinajstić information content (AvgIpc) is 2.02. The van der Waals surface area contributed by atoms with Gasteiger partial charge in [0.15, 0.2) is 0 Å². The average molecular weight is 172 g/mol. The number of ether oxygens (including phenoxy) is 1. The van der Waals surface area contributed by atoms with Crippen LogP contribution in [0.5, 0.6) is 0 Å². The Morgan fingerprint density at radius 1 is 1.50 bits per heavy atom. The molecule has 0 aliphatic heterocycles. The minimum Gasteiger partial charge on any atom is -0.379 e. The summed E-state index contributed by atoms with van der Waals surface area (Å²) < 4.78 is 5.28. The summed E-state index contributed by atoms with van der Waals surface area (Å²) in [5.74, 6) is 0.483. The molecule has 12 heavy (non-hydrogen) atoms. The molecule has 0 heterocycles. The summed E-state index contributed by atoms with van der Waals surface area (Å²) in [4.78, 5) is 10.2. The third kappa shape index (κ3) is 5.30. The van der Waals surface area contributed by atoms with Crippen LogP contribution in [-0.4, -0.2) is 19.0 Å². The van der Waals surface area contributed by atoms with Gasteiger partial charge in [0.05, 0.1) is 5.60 Å². The molecule has 0 saturated carbocycles. The highest BCUT2D eigenvalue weighted by Crippen LogP contribution is 2.19. The first-order valence-corrected chi connectivity index (χ1v) is 4.50. The third-order valence-electron chi connectivity index (χ3n) is 2.29. The topological polar surface area (TPSA) is 26.3 Å². The van der Waals surface area contributed by atoms with Gasteiger partial charge < -0.3 is 9.53 Å². The van der Waals surface area contributed by atoms with Crippen molar-refractivity contribution in [2.24, 2.45) is 5.92 Å². The van der Waals surface area contributed by atoms with E-state index in [0.717, 1.165) is 19.1 Å². The van der Waals surface area contributed by atoms with Crippen LogP contribution >= 0.6 is 0 Å². The van der Waals surface area contributed by atoms with Crippen molar-refractivity contribution in [1.82, 2.24) is 0 Å². The summed E-state index contributed by atoms with van der Waals surface area (Å²) in [6.45, 7) is 6.24. The van der Waals surface area contributed by atoms with Crippen LogP contribution in [0.4, 0.5) is 0 Å². The number of hydrogen-bond acceptors (Lipinski definition) is 2. The second kappa shape index (κ2) is 5.31. The van der Waals surface area contributed by atoms with Gasteiger partial charge in [-0.15, -0.1) is 0 Å². The molecular weight excluding hydrogens is 152 g/mol. The Balaban J connectivity index is 3.59. The van der Waals surface area contributed by atoms with Crippen LogP contribution in [0.2, 0.25) is 0 Å². The van der Waals surface area contributed by atoms with Crippen molar-refractivity contribution in [3.8, 4) is 0 Å². The lowest BCUT2D eigenvalue weighted by Gasteiger charge is -2.23. The van der Waals surface area contributed by atoms with Gasteiger partial charge in [0.1, 0.15) is 6.29 Å². The molecule has 0 aliphatic rings. The fourth-order valence-electron chi connectivity index (χ4n) is 0.978. The Hall–Kier alpha value is -0.370. The first kappa shape index (κ1) is 11.6. The van der Waals surface area contributed by atoms with Gasteiger partial charge in [-0.1, -0.05) is 6.92 Å². The maximum Gasteiger partial charge on any atom is 0.120 e. The second-order valence-corrected chi connectivity index (χ2v) is 4.01. The molecule has 0 rings (SSSR count). The summed E-state index contributed by atoms with van der Waals surface area (Å²) in [6, 6.07) is 0. The van der Waals surface area contributed by atoms with Crippen molar-refractivity contribution in [3.05, 3.63) is 0 Å². The summed E-state index contributed by atoms with van der Waals surface area (Å²) in [5, 5.41) is 0. The Bertz CT molecular complexity index is 130. The molecule has 72 valence electrons. The molecule has 0 aromatic rings. The summed E-state index contributed by atoms with van der Waals surface area (Å²) in [5.41, 5.74) is -0.0445. The normalized spacial score (nSPS) is 14.3. The van der Waals surface area contributed by atoms with Crippen molar-refractivity contribution in [2.45, 2.75) is 45.6 Å². The molecule has 0 aliphatic carbocycles. The van der Waals surface area contributed by atoms with E-state index in [4.69, 9.17) is 4.74 Å². The summed E-state index contributed by atoms with van der Waals surface area (Å²) >= 11 is 0. The highest BCUT2D eigenvalue weighted by atomic mass is 16.5. The maximum atomic E-state index is 10.2. The first-order chi connectivity index (χ1) is 5.52. The number of carbonyl (C=O) groups is 1. The maximum absolute atomic E-state index is 10.2. The van der Waals surface area contributed by atoms with Gasteiger partial charge in [-0.2, -0.15) is 0 Å². The monoisotopic (exact) mass is 172 g/mol. The molecule has 0 fully saturated rings. The smallest absolute Gasteiger partial charge is 0.120 e. The van der Waals surface area contributed by atoms with Crippen LogP contribution in [0.25, 0.3) is 0 Å². The molecule has 0 saturated heterocycles. The number of rotatable bonds is 6. The van der Waals surface area contributed by atoms with Crippen LogP contribution < -0.4 is 0 Å². The predicted octanol–water partition coefficient (Wildman–Crippen LogP) is 2.42. The van der Waals surface area contributed by atoms with Gasteiger partial charge >= 0.3 is 0 Å². The molecule has 0 spiro atoms. The van der Waals surface area contributed by atoms with Gasteiger partial charge in [0.25, 0.3) is 0 Å². The van der Waals surface area contributed by atoms with Crippen LogP contribution in [0, 0.1) is 5.92 Å². The first-order valence-electron chi connectivity index (χ1n) is 4.50. The molecule has 1 unspecified atom stereocenters. The number of hydrogen-bond donors (Lipinski definition) is 0. The SMILES string of the molecule is COC(C)(C)CCC(C)CC=O. The molecule has 0 radical (unpaired) electrons. The van der Waals surface area contributed by atoms with Crippen molar-refractivity contribution in [1.29, 1.82) is 0 Å². The van der Waals surface area contributed by atoms with E-state index >= 15 is 0 Å². The molecule has 0 bridgehead atoms. The van der Waals surface area contributed by atoms with E-state index in [2.05, 4.69) is 20.8 Å². The highest BCUT2D eigenvalue weighted by molar-refractivity contribution is 5.49. The second-order valence-electron chi connectivity index (χ2n) is 4.01. The van der Waals surface area contributed by atoms with Crippen LogP contribution in [0.15, 0.2) is 0 Å². The summed E-state index contributed by atoms with van der Waals surface area (Å²) in [7, 11) is 1.73. The highest BCUT2D eigenvalue weighted by Gasteiger charge is 2.16. The number of carbonyl (C=O) groups excluding carboxylic acids is 1. The van der Waals surface area contributed by atoms with E-state index in [0.29, 0.717) is 12.3 Å². The quantitative estimate of drug-likeness (QED) is 0.575. The van der Waals surface area contributed by atoms with Crippen molar-refractivity contribution in [2.75, 3.05) is 7.11 Å². The van der Waals surface area contributed by atoms with E-state index in [1.807, 2.05) is 0 Å². The molecule has 0 aromatic heterocycles. The van der Waals surface area contributed by atoms with E-state index in [9.17, 15) is 4.79 Å². The minimum atomic E-state index is -0.0445. The predicted molar refractivity (Wildman–Crippen MR) is 50.2 cm³/mol. The number of aldehydes is 1. The zero-order valence-electron chi connectivity index (χ0n) is 8.59. The third-order valence-corrected chi connectivity index (χ3v) is 2.29. The fraction of sp³-hybridized carbons (Fsp3) is 0.900. The molecular formula is C10H20O2. The minimum absolute atomic E-state index is 0.0445. The van der Waals surface area contributed by atoms with E-state index in [1.165, 1.54) is 0 Å². The Labute approximate surface area is 75.3 Å². The van der Waals surface area contributed by atoms with Gasteiger partial charge in [-0.25, -0.2) is 0 Å². The Kier molecular flexibility index (Phi) is 5.14. The van der Waals surface area contributed by atoms with Gasteiger partial charge in [-0.3, -0.25) is 0 Å². The zero-order chi connectivity index (χ0) is 9.61. The van der Waals surface area contributed by atoms with Crippen LogP contribution in [0.1, 0.15) is 40.0 Å².